The number of ether oxygens (including phenoxy) is 2. The predicted octanol–water partition coefficient (Wildman–Crippen LogP) is 2.58. The maximum absolute atomic E-state index is 12.8. The Morgan fingerprint density at radius 3 is 2.54 bits per heavy atom. The Hall–Kier alpha value is -3.35. The van der Waals surface area contributed by atoms with E-state index in [1.165, 1.54) is 18.6 Å². The molecular formula is C19H19N3O4. The van der Waals surface area contributed by atoms with Crippen LogP contribution < -0.4 is 20.3 Å². The van der Waals surface area contributed by atoms with Crippen LogP contribution in [-0.4, -0.2) is 29.5 Å². The standard InChI is InChI=1S/C19H19N3O4/c1-11-6-5-9-22-17(11)20-12(2)16(19(22)24)21-18(23)13-7-8-14(25-3)15(10-13)26-4/h5-10H,1-4H3,(H,21,23). The SMILES string of the molecule is COc1ccc(C(=O)Nc2c(C)nc3c(C)cccn3c2=O)cc1OC. The highest BCUT2D eigenvalue weighted by molar-refractivity contribution is 6.04. The molecule has 134 valence electrons. The van der Waals surface area contributed by atoms with E-state index in [1.807, 2.05) is 13.0 Å². The zero-order valence-electron chi connectivity index (χ0n) is 15.0. The van der Waals surface area contributed by atoms with Crippen molar-refractivity contribution in [2.45, 2.75) is 13.8 Å². The fraction of sp³-hybridized carbons (Fsp3) is 0.211. The zero-order chi connectivity index (χ0) is 18.8. The summed E-state index contributed by atoms with van der Waals surface area (Å²) in [6.07, 6.45) is 1.63. The number of aromatic nitrogens is 2. The van der Waals surface area contributed by atoms with Gasteiger partial charge in [0.2, 0.25) is 0 Å². The number of fused-ring (bicyclic) bond motifs is 1. The number of amides is 1. The van der Waals surface area contributed by atoms with Crippen molar-refractivity contribution in [3.05, 3.63) is 63.7 Å². The fourth-order valence-electron chi connectivity index (χ4n) is 2.71. The largest absolute Gasteiger partial charge is 0.493 e. The highest BCUT2D eigenvalue weighted by atomic mass is 16.5. The lowest BCUT2D eigenvalue weighted by Crippen LogP contribution is -2.25. The van der Waals surface area contributed by atoms with Crippen molar-refractivity contribution >= 4 is 17.2 Å². The molecule has 1 N–H and O–H groups in total. The van der Waals surface area contributed by atoms with Gasteiger partial charge in [0.1, 0.15) is 11.3 Å². The fourth-order valence-corrected chi connectivity index (χ4v) is 2.71. The van der Waals surface area contributed by atoms with Crippen LogP contribution in [-0.2, 0) is 0 Å². The van der Waals surface area contributed by atoms with Crippen LogP contribution in [0.3, 0.4) is 0 Å². The zero-order valence-corrected chi connectivity index (χ0v) is 15.0. The first-order valence-corrected chi connectivity index (χ1v) is 7.98. The molecule has 0 radical (unpaired) electrons. The van der Waals surface area contributed by atoms with Crippen LogP contribution in [0.2, 0.25) is 0 Å². The molecule has 0 bridgehead atoms. The Morgan fingerprint density at radius 1 is 1.12 bits per heavy atom. The summed E-state index contributed by atoms with van der Waals surface area (Å²) in [5.74, 6) is 0.518. The van der Waals surface area contributed by atoms with Gasteiger partial charge < -0.3 is 14.8 Å². The number of pyridine rings is 1. The molecule has 0 spiro atoms. The van der Waals surface area contributed by atoms with E-state index in [9.17, 15) is 9.59 Å². The van der Waals surface area contributed by atoms with Gasteiger partial charge >= 0.3 is 0 Å². The van der Waals surface area contributed by atoms with E-state index in [-0.39, 0.29) is 11.2 Å². The number of nitrogens with zero attached hydrogens (tertiary/aromatic N) is 2. The third-order valence-electron chi connectivity index (χ3n) is 4.11. The Kier molecular flexibility index (Phi) is 4.62. The van der Waals surface area contributed by atoms with Crippen molar-refractivity contribution in [2.24, 2.45) is 0 Å². The third kappa shape index (κ3) is 2.99. The van der Waals surface area contributed by atoms with Gasteiger partial charge in [-0.3, -0.25) is 14.0 Å². The van der Waals surface area contributed by atoms with Crippen LogP contribution in [0.15, 0.2) is 41.3 Å². The van der Waals surface area contributed by atoms with Gasteiger partial charge in [-0.15, -0.1) is 0 Å². The van der Waals surface area contributed by atoms with Crippen molar-refractivity contribution in [2.75, 3.05) is 19.5 Å². The topological polar surface area (TPSA) is 81.9 Å². The van der Waals surface area contributed by atoms with Crippen molar-refractivity contribution in [3.63, 3.8) is 0 Å². The molecule has 2 heterocycles. The second-order valence-corrected chi connectivity index (χ2v) is 5.79. The lowest BCUT2D eigenvalue weighted by Gasteiger charge is -2.12. The van der Waals surface area contributed by atoms with E-state index < -0.39 is 5.91 Å². The molecule has 26 heavy (non-hydrogen) atoms. The van der Waals surface area contributed by atoms with Gasteiger partial charge in [0.05, 0.1) is 19.9 Å². The molecule has 0 aliphatic carbocycles. The van der Waals surface area contributed by atoms with Gasteiger partial charge in [0.25, 0.3) is 11.5 Å². The van der Waals surface area contributed by atoms with Gasteiger partial charge in [-0.2, -0.15) is 0 Å². The molecule has 1 amide bonds. The number of anilines is 1. The summed E-state index contributed by atoms with van der Waals surface area (Å²) in [5, 5.41) is 2.66. The quantitative estimate of drug-likeness (QED) is 0.780. The highest BCUT2D eigenvalue weighted by Crippen LogP contribution is 2.27. The second kappa shape index (κ2) is 6.87. The number of carbonyl (C=O) groups is 1. The summed E-state index contributed by atoms with van der Waals surface area (Å²) >= 11 is 0. The molecule has 7 heteroatoms. The van der Waals surface area contributed by atoms with Crippen LogP contribution in [0.25, 0.3) is 5.65 Å². The minimum atomic E-state index is -0.430. The van der Waals surface area contributed by atoms with E-state index in [0.717, 1.165) is 5.56 Å². The number of hydrogen-bond acceptors (Lipinski definition) is 5. The second-order valence-electron chi connectivity index (χ2n) is 5.79. The molecule has 7 nitrogen and oxygen atoms in total. The van der Waals surface area contributed by atoms with Gasteiger partial charge in [0, 0.05) is 11.8 Å². The van der Waals surface area contributed by atoms with Crippen LogP contribution >= 0.6 is 0 Å². The summed E-state index contributed by atoms with van der Waals surface area (Å²) in [6, 6.07) is 8.43. The smallest absolute Gasteiger partial charge is 0.281 e. The minimum absolute atomic E-state index is 0.146. The van der Waals surface area contributed by atoms with Gasteiger partial charge in [-0.1, -0.05) is 6.07 Å². The number of methoxy groups -OCH3 is 2. The molecule has 0 aliphatic heterocycles. The molecule has 3 aromatic rings. The number of benzene rings is 1. The van der Waals surface area contributed by atoms with E-state index in [2.05, 4.69) is 10.3 Å². The van der Waals surface area contributed by atoms with Crippen molar-refractivity contribution < 1.29 is 14.3 Å². The number of rotatable bonds is 4. The van der Waals surface area contributed by atoms with E-state index in [1.54, 1.807) is 37.4 Å². The molecule has 1 aromatic carbocycles. The third-order valence-corrected chi connectivity index (χ3v) is 4.11. The van der Waals surface area contributed by atoms with Crippen LogP contribution in [0.1, 0.15) is 21.6 Å². The van der Waals surface area contributed by atoms with Crippen LogP contribution in [0.4, 0.5) is 5.69 Å². The maximum atomic E-state index is 12.8. The van der Waals surface area contributed by atoms with Gasteiger partial charge in [-0.05, 0) is 43.7 Å². The number of hydrogen-bond donors (Lipinski definition) is 1. The molecule has 0 aliphatic rings. The Morgan fingerprint density at radius 2 is 1.85 bits per heavy atom. The van der Waals surface area contributed by atoms with E-state index in [4.69, 9.17) is 9.47 Å². The monoisotopic (exact) mass is 353 g/mol. The first kappa shape index (κ1) is 17.5. The van der Waals surface area contributed by atoms with Gasteiger partial charge in [0.15, 0.2) is 11.5 Å². The number of aryl methyl sites for hydroxylation is 2. The first-order chi connectivity index (χ1) is 12.5. The molecule has 0 unspecified atom stereocenters. The molecule has 0 saturated carbocycles. The normalized spacial score (nSPS) is 10.6. The summed E-state index contributed by atoms with van der Waals surface area (Å²) in [4.78, 5) is 29.8. The van der Waals surface area contributed by atoms with E-state index in [0.29, 0.717) is 28.4 Å². The Bertz CT molecular complexity index is 1060. The predicted molar refractivity (Wildman–Crippen MR) is 98.4 cm³/mol. The summed E-state index contributed by atoms with van der Waals surface area (Å²) < 4.78 is 11.8. The summed E-state index contributed by atoms with van der Waals surface area (Å²) in [6.45, 7) is 3.57. The van der Waals surface area contributed by atoms with Crippen molar-refractivity contribution in [1.82, 2.24) is 9.38 Å². The average Bonchev–Trinajstić information content (AvgIpc) is 2.65. The van der Waals surface area contributed by atoms with Crippen LogP contribution in [0.5, 0.6) is 11.5 Å². The lowest BCUT2D eigenvalue weighted by molar-refractivity contribution is 0.102. The van der Waals surface area contributed by atoms with Crippen molar-refractivity contribution in [3.8, 4) is 11.5 Å². The van der Waals surface area contributed by atoms with Gasteiger partial charge in [-0.25, -0.2) is 4.98 Å². The number of nitrogens with one attached hydrogen (secondary N) is 1. The number of carbonyl (C=O) groups excluding carboxylic acids is 1. The summed E-state index contributed by atoms with van der Waals surface area (Å²) in [7, 11) is 3.01. The maximum Gasteiger partial charge on any atom is 0.281 e. The lowest BCUT2D eigenvalue weighted by atomic mass is 10.2. The Labute approximate surface area is 150 Å². The Balaban J connectivity index is 2.01. The first-order valence-electron chi connectivity index (χ1n) is 7.98. The average molecular weight is 353 g/mol. The molecule has 0 atom stereocenters. The minimum Gasteiger partial charge on any atom is -0.493 e. The molecule has 0 fully saturated rings. The van der Waals surface area contributed by atoms with E-state index >= 15 is 0 Å². The van der Waals surface area contributed by atoms with Crippen molar-refractivity contribution in [1.29, 1.82) is 0 Å². The molecule has 2 aromatic heterocycles. The summed E-state index contributed by atoms with van der Waals surface area (Å²) in [5.41, 5.74) is 2.07. The molecular weight excluding hydrogens is 334 g/mol. The highest BCUT2D eigenvalue weighted by Gasteiger charge is 2.16. The molecule has 3 rings (SSSR count). The molecule has 0 saturated heterocycles. The van der Waals surface area contributed by atoms with Crippen LogP contribution in [0, 0.1) is 13.8 Å².